The largest absolute Gasteiger partial charge is 0.480 e. The minimum Gasteiger partial charge on any atom is -0.480 e. The van der Waals surface area contributed by atoms with Gasteiger partial charge in [0.1, 0.15) is 13.2 Å². The molecule has 8 heteroatoms. The molecule has 0 unspecified atom stereocenters. The van der Waals surface area contributed by atoms with Crippen molar-refractivity contribution in [3.05, 3.63) is 71.8 Å². The summed E-state index contributed by atoms with van der Waals surface area (Å²) in [6.07, 6.45) is 3.84. The molecule has 2 aliphatic carbocycles. The van der Waals surface area contributed by atoms with Crippen LogP contribution in [0.2, 0.25) is 0 Å². The highest BCUT2D eigenvalue weighted by Gasteiger charge is 2.31. The molecular formula is C26H28N2O6. The van der Waals surface area contributed by atoms with Gasteiger partial charge in [-0.25, -0.2) is 4.79 Å². The molecule has 4 rings (SSSR count). The van der Waals surface area contributed by atoms with Crippen LogP contribution >= 0.6 is 0 Å². The van der Waals surface area contributed by atoms with Crippen LogP contribution in [0.1, 0.15) is 29.9 Å². The number of nitrogens with zero attached hydrogens (tertiary/aromatic N) is 1. The lowest BCUT2D eigenvalue weighted by atomic mass is 9.90. The van der Waals surface area contributed by atoms with Crippen molar-refractivity contribution in [3.63, 3.8) is 0 Å². The van der Waals surface area contributed by atoms with Gasteiger partial charge in [-0.2, -0.15) is 0 Å². The van der Waals surface area contributed by atoms with Crippen LogP contribution in [0.5, 0.6) is 0 Å². The normalized spacial score (nSPS) is 18.6. The number of fused-ring (bicyclic) bond motifs is 3. The number of ether oxygens (including phenoxy) is 1. The standard InChI is InChI=1S/C26H28N2O6/c29-13-12-28(15-24(30)31)25(32)17-6-5-7-18(14-17)27-26(33)34-16-23-21-10-3-1-8-19(21)20-9-2-4-11-22(20)23/h1-5,7-11,17-18,23,29H,6,12-16H2,(H,27,33)(H,30,31)/t17-,18-/m1/s1. The van der Waals surface area contributed by atoms with E-state index < -0.39 is 30.6 Å². The number of carboxylic acid groups (broad SMARTS) is 1. The molecule has 2 aromatic rings. The van der Waals surface area contributed by atoms with E-state index >= 15 is 0 Å². The molecule has 34 heavy (non-hydrogen) atoms. The molecule has 2 atom stereocenters. The van der Waals surface area contributed by atoms with E-state index in [9.17, 15) is 14.4 Å². The van der Waals surface area contributed by atoms with Gasteiger partial charge in [0.05, 0.1) is 12.6 Å². The van der Waals surface area contributed by atoms with Crippen LogP contribution in [0, 0.1) is 5.92 Å². The lowest BCUT2D eigenvalue weighted by molar-refractivity contribution is -0.146. The third kappa shape index (κ3) is 5.12. The third-order valence-corrected chi connectivity index (χ3v) is 6.33. The Morgan fingerprint density at radius 1 is 1.03 bits per heavy atom. The van der Waals surface area contributed by atoms with Crippen LogP contribution < -0.4 is 5.32 Å². The fourth-order valence-corrected chi connectivity index (χ4v) is 4.80. The van der Waals surface area contributed by atoms with Crippen molar-refractivity contribution in [2.75, 3.05) is 26.3 Å². The van der Waals surface area contributed by atoms with Gasteiger partial charge < -0.3 is 25.2 Å². The number of alkyl carbamates (subject to hydrolysis) is 1. The second-order valence-corrected chi connectivity index (χ2v) is 8.55. The van der Waals surface area contributed by atoms with Crippen LogP contribution in [0.25, 0.3) is 11.1 Å². The van der Waals surface area contributed by atoms with Crippen LogP contribution in [0.3, 0.4) is 0 Å². The number of rotatable bonds is 8. The average molecular weight is 465 g/mol. The van der Waals surface area contributed by atoms with E-state index in [-0.39, 0.29) is 31.6 Å². The summed E-state index contributed by atoms with van der Waals surface area (Å²) in [6, 6.07) is 15.8. The van der Waals surface area contributed by atoms with Crippen molar-refractivity contribution in [2.45, 2.75) is 24.8 Å². The number of allylic oxidation sites excluding steroid dienone is 1. The molecule has 2 aromatic carbocycles. The Balaban J connectivity index is 1.35. The summed E-state index contributed by atoms with van der Waals surface area (Å²) in [5.74, 6) is -2.01. The lowest BCUT2D eigenvalue weighted by Gasteiger charge is -2.29. The molecule has 0 saturated carbocycles. The van der Waals surface area contributed by atoms with Gasteiger partial charge >= 0.3 is 12.1 Å². The van der Waals surface area contributed by atoms with Crippen LogP contribution in [-0.2, 0) is 14.3 Å². The summed E-state index contributed by atoms with van der Waals surface area (Å²) < 4.78 is 5.59. The number of hydrogen-bond donors (Lipinski definition) is 3. The fourth-order valence-electron chi connectivity index (χ4n) is 4.80. The van der Waals surface area contributed by atoms with Gasteiger partial charge in [-0.1, -0.05) is 60.7 Å². The molecule has 0 fully saturated rings. The minimum absolute atomic E-state index is 0.0440. The van der Waals surface area contributed by atoms with Crippen molar-refractivity contribution >= 4 is 18.0 Å². The van der Waals surface area contributed by atoms with Gasteiger partial charge in [-0.05, 0) is 35.1 Å². The number of aliphatic hydroxyl groups is 1. The lowest BCUT2D eigenvalue weighted by Crippen LogP contribution is -2.45. The van der Waals surface area contributed by atoms with Crippen molar-refractivity contribution in [1.29, 1.82) is 0 Å². The van der Waals surface area contributed by atoms with Gasteiger partial charge in [0.25, 0.3) is 0 Å². The summed E-state index contributed by atoms with van der Waals surface area (Å²) in [5.41, 5.74) is 4.55. The zero-order valence-corrected chi connectivity index (χ0v) is 18.7. The molecule has 0 saturated heterocycles. The summed E-state index contributed by atoms with van der Waals surface area (Å²) in [4.78, 5) is 37.5. The predicted molar refractivity (Wildman–Crippen MR) is 125 cm³/mol. The minimum atomic E-state index is -1.14. The van der Waals surface area contributed by atoms with Crippen molar-refractivity contribution < 1.29 is 29.3 Å². The average Bonchev–Trinajstić information content (AvgIpc) is 3.16. The Hall–Kier alpha value is -3.65. The first-order chi connectivity index (χ1) is 16.5. The van der Waals surface area contributed by atoms with E-state index in [0.717, 1.165) is 27.2 Å². The first-order valence-corrected chi connectivity index (χ1v) is 11.4. The smallest absolute Gasteiger partial charge is 0.407 e. The van der Waals surface area contributed by atoms with Gasteiger partial charge in [0.15, 0.2) is 0 Å². The molecule has 0 aromatic heterocycles. The molecule has 0 bridgehead atoms. The van der Waals surface area contributed by atoms with Gasteiger partial charge in [0, 0.05) is 18.4 Å². The third-order valence-electron chi connectivity index (χ3n) is 6.33. The summed E-state index contributed by atoms with van der Waals surface area (Å²) in [5, 5.41) is 21.0. The molecule has 0 heterocycles. The number of nitrogens with one attached hydrogen (secondary N) is 1. The fraction of sp³-hybridized carbons (Fsp3) is 0.346. The van der Waals surface area contributed by atoms with Gasteiger partial charge in [-0.3, -0.25) is 9.59 Å². The highest BCUT2D eigenvalue weighted by atomic mass is 16.5. The maximum atomic E-state index is 12.8. The number of carbonyl (C=O) groups excluding carboxylic acids is 2. The topological polar surface area (TPSA) is 116 Å². The molecule has 2 amide bonds. The first kappa shape index (κ1) is 23.5. The number of hydrogen-bond acceptors (Lipinski definition) is 5. The Bertz CT molecular complexity index is 1050. The number of carbonyl (C=O) groups is 3. The SMILES string of the molecule is O=C(O)CN(CCO)C(=O)[C@@H]1CC=C[C@@H](NC(=O)OCC2c3ccccc3-c3ccccc32)C1. The summed E-state index contributed by atoms with van der Waals surface area (Å²) in [6.45, 7) is -0.634. The number of benzene rings is 2. The summed E-state index contributed by atoms with van der Waals surface area (Å²) in [7, 11) is 0. The predicted octanol–water partition coefficient (Wildman–Crippen LogP) is 2.77. The Labute approximate surface area is 197 Å². The Morgan fingerprint density at radius 2 is 1.68 bits per heavy atom. The van der Waals surface area contributed by atoms with Gasteiger partial charge in [0.2, 0.25) is 5.91 Å². The highest BCUT2D eigenvalue weighted by molar-refractivity contribution is 5.83. The number of aliphatic hydroxyl groups excluding tert-OH is 1. The molecule has 0 aliphatic heterocycles. The first-order valence-electron chi connectivity index (χ1n) is 11.4. The maximum absolute atomic E-state index is 12.8. The van der Waals surface area contributed by atoms with E-state index in [1.165, 1.54) is 0 Å². The van der Waals surface area contributed by atoms with Crippen molar-refractivity contribution in [1.82, 2.24) is 10.2 Å². The van der Waals surface area contributed by atoms with Crippen molar-refractivity contribution in [2.24, 2.45) is 5.92 Å². The van der Waals surface area contributed by atoms with E-state index in [0.29, 0.717) is 12.8 Å². The zero-order valence-electron chi connectivity index (χ0n) is 18.7. The van der Waals surface area contributed by atoms with Crippen LogP contribution in [0.15, 0.2) is 60.7 Å². The summed E-state index contributed by atoms with van der Waals surface area (Å²) >= 11 is 0. The number of carboxylic acids is 1. The van der Waals surface area contributed by atoms with Crippen molar-refractivity contribution in [3.8, 4) is 11.1 Å². The van der Waals surface area contributed by atoms with E-state index in [2.05, 4.69) is 29.6 Å². The number of amides is 2. The second kappa shape index (κ2) is 10.5. The van der Waals surface area contributed by atoms with E-state index in [1.54, 1.807) is 6.08 Å². The number of aliphatic carboxylic acids is 1. The highest BCUT2D eigenvalue weighted by Crippen LogP contribution is 2.44. The Morgan fingerprint density at radius 3 is 2.29 bits per heavy atom. The van der Waals surface area contributed by atoms with Crippen LogP contribution in [-0.4, -0.2) is 65.4 Å². The van der Waals surface area contributed by atoms with E-state index in [4.69, 9.17) is 14.9 Å². The maximum Gasteiger partial charge on any atom is 0.407 e. The quantitative estimate of drug-likeness (QED) is 0.518. The molecule has 3 N–H and O–H groups in total. The molecular weight excluding hydrogens is 436 g/mol. The second-order valence-electron chi connectivity index (χ2n) is 8.55. The molecule has 0 spiro atoms. The monoisotopic (exact) mass is 464 g/mol. The molecule has 2 aliphatic rings. The van der Waals surface area contributed by atoms with E-state index in [1.807, 2.05) is 30.3 Å². The zero-order chi connectivity index (χ0) is 24.1. The molecule has 178 valence electrons. The molecule has 0 radical (unpaired) electrons. The molecule has 8 nitrogen and oxygen atoms in total. The van der Waals surface area contributed by atoms with Gasteiger partial charge in [-0.15, -0.1) is 0 Å². The Kier molecular flexibility index (Phi) is 7.27. The van der Waals surface area contributed by atoms with Crippen LogP contribution in [0.4, 0.5) is 4.79 Å².